The Morgan fingerprint density at radius 2 is 1.53 bits per heavy atom. The van der Waals surface area contributed by atoms with Crippen LogP contribution in [-0.2, 0) is 22.2 Å². The highest BCUT2D eigenvalue weighted by atomic mass is 16.3. The summed E-state index contributed by atoms with van der Waals surface area (Å²) in [6, 6.07) is 11.2. The van der Waals surface area contributed by atoms with Gasteiger partial charge in [-0.1, -0.05) is 59.7 Å². The maximum absolute atomic E-state index is 13.1. The number of ketones is 1. The second kappa shape index (κ2) is 10.3. The summed E-state index contributed by atoms with van der Waals surface area (Å²) in [6.07, 6.45) is 4.04. The fourth-order valence-electron chi connectivity index (χ4n) is 5.18. The van der Waals surface area contributed by atoms with E-state index in [9.17, 15) is 19.5 Å². The average Bonchev–Trinajstić information content (AvgIpc) is 2.85. The summed E-state index contributed by atoms with van der Waals surface area (Å²) in [6.45, 7) is 13.6. The second-order valence-corrected chi connectivity index (χ2v) is 12.4. The van der Waals surface area contributed by atoms with Crippen molar-refractivity contribution in [3.05, 3.63) is 70.8 Å². The number of hydrogen-bond donors (Lipinski definition) is 2. The summed E-state index contributed by atoms with van der Waals surface area (Å²) in [5.74, 6) is -0.264. The van der Waals surface area contributed by atoms with Crippen LogP contribution in [-0.4, -0.2) is 51.8 Å². The van der Waals surface area contributed by atoms with Crippen molar-refractivity contribution < 1.29 is 19.5 Å². The van der Waals surface area contributed by atoms with Crippen molar-refractivity contribution in [2.75, 3.05) is 18.4 Å². The largest absolute Gasteiger partial charge is 0.507 e. The molecule has 0 bridgehead atoms. The van der Waals surface area contributed by atoms with Crippen molar-refractivity contribution in [1.29, 1.82) is 0 Å². The first-order valence-electron chi connectivity index (χ1n) is 13.3. The molecule has 2 heterocycles. The van der Waals surface area contributed by atoms with Gasteiger partial charge in [0.2, 0.25) is 5.91 Å². The van der Waals surface area contributed by atoms with Crippen LogP contribution >= 0.6 is 0 Å². The molecule has 0 radical (unpaired) electrons. The minimum atomic E-state index is -0.350. The van der Waals surface area contributed by atoms with E-state index >= 15 is 0 Å². The van der Waals surface area contributed by atoms with Crippen LogP contribution < -0.4 is 5.32 Å². The van der Waals surface area contributed by atoms with Gasteiger partial charge in [-0.15, -0.1) is 0 Å². The van der Waals surface area contributed by atoms with Crippen molar-refractivity contribution in [1.82, 2.24) is 9.80 Å². The zero-order valence-electron chi connectivity index (χ0n) is 23.3. The number of carbonyl (C=O) groups is 3. The van der Waals surface area contributed by atoms with Gasteiger partial charge in [-0.05, 0) is 53.5 Å². The van der Waals surface area contributed by atoms with E-state index in [0.717, 1.165) is 11.3 Å². The number of phenols is 1. The van der Waals surface area contributed by atoms with Crippen molar-refractivity contribution in [2.45, 2.75) is 77.8 Å². The number of hydrogen-bond acceptors (Lipinski definition) is 4. The molecule has 2 aromatic carbocycles. The standard InChI is InChI=1S/C31H39N3O4/c1-30(2,3)23-17-21(18-24(28(23)37)31(4,5)6)26(35)11-12-27(36)33-15-13-22(14-16-33)34-19-20-9-7-8-10-25(20)32-29(34)38/h7-12,17-18,22,37H,13-16,19H2,1-6H3,(H,32,38). The van der Waals surface area contributed by atoms with Crippen LogP contribution in [0.5, 0.6) is 5.75 Å². The van der Waals surface area contributed by atoms with E-state index in [2.05, 4.69) is 5.32 Å². The summed E-state index contributed by atoms with van der Waals surface area (Å²) in [7, 11) is 0. The number of benzene rings is 2. The van der Waals surface area contributed by atoms with E-state index in [1.807, 2.05) is 70.7 Å². The lowest BCUT2D eigenvalue weighted by atomic mass is 9.78. The van der Waals surface area contributed by atoms with Gasteiger partial charge in [-0.2, -0.15) is 0 Å². The van der Waals surface area contributed by atoms with E-state index in [4.69, 9.17) is 0 Å². The predicted molar refractivity (Wildman–Crippen MR) is 150 cm³/mol. The first-order valence-corrected chi connectivity index (χ1v) is 13.3. The van der Waals surface area contributed by atoms with Crippen LogP contribution in [0, 0.1) is 0 Å². The number of allylic oxidation sites excluding steroid dienone is 1. The number of piperidine rings is 1. The van der Waals surface area contributed by atoms with Crippen LogP contribution in [0.3, 0.4) is 0 Å². The average molecular weight is 518 g/mol. The molecule has 0 aliphatic carbocycles. The number of phenolic OH excluding ortho intramolecular Hbond substituents is 1. The zero-order valence-corrected chi connectivity index (χ0v) is 23.3. The Bertz CT molecular complexity index is 1240. The highest BCUT2D eigenvalue weighted by Crippen LogP contribution is 2.40. The van der Waals surface area contributed by atoms with Crippen molar-refractivity contribution in [2.24, 2.45) is 0 Å². The molecule has 38 heavy (non-hydrogen) atoms. The quantitative estimate of drug-likeness (QED) is 0.398. The normalized spacial score (nSPS) is 16.9. The number of nitrogens with zero attached hydrogens (tertiary/aromatic N) is 2. The Morgan fingerprint density at radius 1 is 0.947 bits per heavy atom. The molecule has 0 spiro atoms. The third-order valence-electron chi connectivity index (χ3n) is 7.47. The summed E-state index contributed by atoms with van der Waals surface area (Å²) >= 11 is 0. The van der Waals surface area contributed by atoms with E-state index < -0.39 is 0 Å². The van der Waals surface area contributed by atoms with Gasteiger partial charge in [-0.3, -0.25) is 9.59 Å². The fourth-order valence-corrected chi connectivity index (χ4v) is 5.18. The maximum atomic E-state index is 13.1. The molecular formula is C31H39N3O4. The van der Waals surface area contributed by atoms with E-state index in [1.165, 1.54) is 12.2 Å². The van der Waals surface area contributed by atoms with Gasteiger partial charge >= 0.3 is 6.03 Å². The monoisotopic (exact) mass is 517 g/mol. The molecule has 4 rings (SSSR count). The molecule has 2 N–H and O–H groups in total. The molecule has 7 heteroatoms. The summed E-state index contributed by atoms with van der Waals surface area (Å²) in [4.78, 5) is 42.2. The van der Waals surface area contributed by atoms with Crippen molar-refractivity contribution in [3.8, 4) is 5.75 Å². The summed E-state index contributed by atoms with van der Waals surface area (Å²) in [5, 5.41) is 13.9. The van der Waals surface area contributed by atoms with Gasteiger partial charge in [0.15, 0.2) is 5.78 Å². The van der Waals surface area contributed by atoms with Crippen LogP contribution in [0.25, 0.3) is 0 Å². The molecule has 202 valence electrons. The SMILES string of the molecule is CC(C)(C)c1cc(C(=O)C=CC(=O)N2CCC(N3Cc4ccccc4NC3=O)CC2)cc(C(C)(C)C)c1O. The van der Waals surface area contributed by atoms with Gasteiger partial charge in [0.1, 0.15) is 5.75 Å². The Balaban J connectivity index is 1.41. The topological polar surface area (TPSA) is 90.0 Å². The number of anilines is 1. The first-order chi connectivity index (χ1) is 17.8. The molecule has 0 aromatic heterocycles. The van der Waals surface area contributed by atoms with Gasteiger partial charge in [0.05, 0.1) is 0 Å². The van der Waals surface area contributed by atoms with Crippen LogP contribution in [0.1, 0.15) is 81.4 Å². The van der Waals surface area contributed by atoms with Gasteiger partial charge in [0.25, 0.3) is 0 Å². The second-order valence-electron chi connectivity index (χ2n) is 12.4. The van der Waals surface area contributed by atoms with Crippen molar-refractivity contribution in [3.63, 3.8) is 0 Å². The summed E-state index contributed by atoms with van der Waals surface area (Å²) in [5.41, 5.74) is 3.12. The molecule has 2 aliphatic heterocycles. The smallest absolute Gasteiger partial charge is 0.322 e. The van der Waals surface area contributed by atoms with Crippen LogP contribution in [0.15, 0.2) is 48.6 Å². The number of fused-ring (bicyclic) bond motifs is 1. The summed E-state index contributed by atoms with van der Waals surface area (Å²) < 4.78 is 0. The molecule has 2 aromatic rings. The molecule has 7 nitrogen and oxygen atoms in total. The minimum Gasteiger partial charge on any atom is -0.507 e. The highest BCUT2D eigenvalue weighted by Gasteiger charge is 2.32. The lowest BCUT2D eigenvalue weighted by Crippen LogP contribution is -2.50. The molecule has 3 amide bonds. The molecule has 0 atom stereocenters. The molecule has 2 aliphatic rings. The first kappa shape index (κ1) is 27.4. The zero-order chi connectivity index (χ0) is 27.8. The Hall–Kier alpha value is -3.61. The molecular weight excluding hydrogens is 478 g/mol. The number of aromatic hydroxyl groups is 1. The number of likely N-dealkylation sites (tertiary alicyclic amines) is 1. The minimum absolute atomic E-state index is 0.0571. The predicted octanol–water partition coefficient (Wildman–Crippen LogP) is 5.76. The van der Waals surface area contributed by atoms with Crippen LogP contribution in [0.4, 0.5) is 10.5 Å². The van der Waals surface area contributed by atoms with Gasteiger partial charge in [0, 0.05) is 54.1 Å². The number of rotatable bonds is 4. The van der Waals surface area contributed by atoms with E-state index in [-0.39, 0.29) is 40.3 Å². The lowest BCUT2D eigenvalue weighted by Gasteiger charge is -2.40. The molecule has 0 unspecified atom stereocenters. The van der Waals surface area contributed by atoms with Gasteiger partial charge < -0.3 is 20.2 Å². The number of nitrogens with one attached hydrogen (secondary N) is 1. The Labute approximate surface area is 225 Å². The fraction of sp³-hybridized carbons (Fsp3) is 0.452. The number of amides is 3. The number of carbonyl (C=O) groups excluding carboxylic acids is 3. The third kappa shape index (κ3) is 5.77. The van der Waals surface area contributed by atoms with Crippen molar-refractivity contribution >= 4 is 23.4 Å². The van der Waals surface area contributed by atoms with E-state index in [1.54, 1.807) is 17.0 Å². The maximum Gasteiger partial charge on any atom is 0.322 e. The Kier molecular flexibility index (Phi) is 7.42. The Morgan fingerprint density at radius 3 is 2.11 bits per heavy atom. The highest BCUT2D eigenvalue weighted by molar-refractivity contribution is 6.08. The number of urea groups is 1. The van der Waals surface area contributed by atoms with Gasteiger partial charge in [-0.25, -0.2) is 4.79 Å². The van der Waals surface area contributed by atoms with E-state index in [0.29, 0.717) is 49.2 Å². The third-order valence-corrected chi connectivity index (χ3v) is 7.47. The molecule has 1 fully saturated rings. The molecule has 0 saturated carbocycles. The lowest BCUT2D eigenvalue weighted by molar-refractivity contribution is -0.127. The van der Waals surface area contributed by atoms with Crippen LogP contribution in [0.2, 0.25) is 0 Å². The molecule has 1 saturated heterocycles. The number of para-hydroxylation sites is 1.